The van der Waals surface area contributed by atoms with Crippen LogP contribution in [0.5, 0.6) is 11.5 Å². The average Bonchev–Trinajstić information content (AvgIpc) is 3.83. The van der Waals surface area contributed by atoms with E-state index in [9.17, 15) is 0 Å². The lowest BCUT2D eigenvalue weighted by molar-refractivity contribution is 0.436. The lowest BCUT2D eigenvalue weighted by atomic mass is 9.66. The van der Waals surface area contributed by atoms with Gasteiger partial charge >= 0.3 is 0 Å². The van der Waals surface area contributed by atoms with Crippen LogP contribution in [0.2, 0.25) is 0 Å². The number of fused-ring (bicyclic) bond motifs is 14. The number of hydrogen-bond acceptors (Lipinski definition) is 4. The minimum atomic E-state index is -0.604. The van der Waals surface area contributed by atoms with Gasteiger partial charge in [0, 0.05) is 44.3 Å². The van der Waals surface area contributed by atoms with Crippen LogP contribution in [0.15, 0.2) is 206 Å². The lowest BCUT2D eigenvalue weighted by Gasteiger charge is -2.39. The van der Waals surface area contributed by atoms with Gasteiger partial charge in [-0.3, -0.25) is 0 Å². The molecule has 61 heavy (non-hydrogen) atoms. The largest absolute Gasteiger partial charge is 0.457 e. The molecule has 0 N–H and O–H groups in total. The van der Waals surface area contributed by atoms with E-state index in [2.05, 4.69) is 187 Å². The molecule has 3 heterocycles. The molecule has 0 bridgehead atoms. The van der Waals surface area contributed by atoms with Gasteiger partial charge in [-0.25, -0.2) is 15.0 Å². The van der Waals surface area contributed by atoms with Crippen LogP contribution in [0.3, 0.4) is 0 Å². The normalized spacial score (nSPS) is 13.2. The van der Waals surface area contributed by atoms with Crippen molar-refractivity contribution in [2.24, 2.45) is 0 Å². The highest BCUT2D eigenvalue weighted by molar-refractivity contribution is 6.21. The number of benzene rings is 9. The highest BCUT2D eigenvalue weighted by Gasteiger charge is 2.51. The van der Waals surface area contributed by atoms with Gasteiger partial charge in [0.1, 0.15) is 11.5 Å². The van der Waals surface area contributed by atoms with Crippen molar-refractivity contribution in [2.45, 2.75) is 5.41 Å². The summed E-state index contributed by atoms with van der Waals surface area (Å²) in [5.41, 5.74) is 12.6. The minimum Gasteiger partial charge on any atom is -0.457 e. The van der Waals surface area contributed by atoms with Crippen molar-refractivity contribution in [1.29, 1.82) is 0 Å². The molecule has 13 rings (SSSR count). The maximum absolute atomic E-state index is 6.75. The molecule has 11 aromatic rings. The summed E-state index contributed by atoms with van der Waals surface area (Å²) in [4.78, 5) is 15.7. The number of aromatic nitrogens is 4. The second kappa shape index (κ2) is 12.9. The molecule has 0 atom stereocenters. The number of para-hydroxylation sites is 2. The molecule has 0 amide bonds. The van der Waals surface area contributed by atoms with Crippen molar-refractivity contribution in [3.8, 4) is 62.5 Å². The first-order chi connectivity index (χ1) is 30.2. The molecular formula is C56H34N4O. The highest BCUT2D eigenvalue weighted by atomic mass is 16.5. The maximum atomic E-state index is 6.75. The van der Waals surface area contributed by atoms with Gasteiger partial charge in [0.15, 0.2) is 17.5 Å². The molecule has 0 unspecified atom stereocenters. The number of rotatable bonds is 4. The molecule has 0 saturated heterocycles. The van der Waals surface area contributed by atoms with Gasteiger partial charge in [-0.1, -0.05) is 158 Å². The van der Waals surface area contributed by atoms with Crippen molar-refractivity contribution in [3.63, 3.8) is 0 Å². The third kappa shape index (κ3) is 4.86. The predicted octanol–water partition coefficient (Wildman–Crippen LogP) is 13.6. The third-order valence-corrected chi connectivity index (χ3v) is 12.7. The van der Waals surface area contributed by atoms with E-state index in [1.807, 2.05) is 24.3 Å². The zero-order chi connectivity index (χ0) is 40.1. The van der Waals surface area contributed by atoms with Gasteiger partial charge in [0.25, 0.3) is 0 Å². The van der Waals surface area contributed by atoms with Crippen LogP contribution in [0, 0.1) is 0 Å². The number of nitrogens with zero attached hydrogens (tertiary/aromatic N) is 4. The molecule has 5 heteroatoms. The molecule has 1 spiro atoms. The highest BCUT2D eigenvalue weighted by Crippen LogP contribution is 2.62. The fraction of sp³-hybridized carbons (Fsp3) is 0.0179. The van der Waals surface area contributed by atoms with Crippen LogP contribution in [-0.2, 0) is 5.41 Å². The molecular weight excluding hydrogens is 745 g/mol. The molecule has 0 saturated carbocycles. The standard InChI is InChI=1S/C56H34N4O/c1-2-16-36(17-3-1)53-57-54(37-18-14-19-39(33-37)60-48-27-12-8-23-43(48)52-40-20-5-4-15-35(40)29-31-49(52)60)59-55(58-53)38-30-32-51-47(34-38)56(46-26-11-13-28-50(46)61-51)44-24-9-6-21-41(44)42-22-7-10-25-45(42)56/h1-34H. The van der Waals surface area contributed by atoms with Crippen LogP contribution in [0.1, 0.15) is 22.3 Å². The molecule has 5 nitrogen and oxygen atoms in total. The smallest absolute Gasteiger partial charge is 0.164 e. The Morgan fingerprint density at radius 1 is 0.377 bits per heavy atom. The van der Waals surface area contributed by atoms with Crippen LogP contribution in [0.25, 0.3) is 83.6 Å². The zero-order valence-corrected chi connectivity index (χ0v) is 32.8. The van der Waals surface area contributed by atoms with Crippen LogP contribution in [-0.4, -0.2) is 19.5 Å². The Kier molecular flexibility index (Phi) is 7.16. The summed E-state index contributed by atoms with van der Waals surface area (Å²) >= 11 is 0. The molecule has 284 valence electrons. The topological polar surface area (TPSA) is 52.8 Å². The Hall–Kier alpha value is -8.15. The van der Waals surface area contributed by atoms with Gasteiger partial charge < -0.3 is 9.30 Å². The van der Waals surface area contributed by atoms with E-state index in [1.54, 1.807) is 0 Å². The molecule has 0 radical (unpaired) electrons. The summed E-state index contributed by atoms with van der Waals surface area (Å²) in [6, 6.07) is 73.0. The second-order valence-corrected chi connectivity index (χ2v) is 15.9. The monoisotopic (exact) mass is 778 g/mol. The summed E-state index contributed by atoms with van der Waals surface area (Å²) in [6.45, 7) is 0. The van der Waals surface area contributed by atoms with Gasteiger partial charge in [0.05, 0.1) is 16.4 Å². The van der Waals surface area contributed by atoms with Crippen molar-refractivity contribution in [2.75, 3.05) is 0 Å². The number of ether oxygens (including phenoxy) is 1. The Balaban J connectivity index is 1.02. The molecule has 1 aliphatic carbocycles. The number of hydrogen-bond donors (Lipinski definition) is 0. The summed E-state index contributed by atoms with van der Waals surface area (Å²) in [5.74, 6) is 3.48. The minimum absolute atomic E-state index is 0.592. The van der Waals surface area contributed by atoms with E-state index < -0.39 is 5.41 Å². The van der Waals surface area contributed by atoms with Gasteiger partial charge in [-0.15, -0.1) is 0 Å². The Labute approximate surface area is 351 Å². The summed E-state index contributed by atoms with van der Waals surface area (Å²) < 4.78 is 9.11. The molecule has 2 aliphatic rings. The Bertz CT molecular complexity index is 3540. The van der Waals surface area contributed by atoms with Gasteiger partial charge in [-0.05, 0) is 81.6 Å². The quantitative estimate of drug-likeness (QED) is 0.179. The van der Waals surface area contributed by atoms with Crippen molar-refractivity contribution < 1.29 is 4.74 Å². The fourth-order valence-electron chi connectivity index (χ4n) is 10.1. The van der Waals surface area contributed by atoms with Crippen LogP contribution < -0.4 is 4.74 Å². The molecule has 1 aliphatic heterocycles. The second-order valence-electron chi connectivity index (χ2n) is 15.9. The molecule has 2 aromatic heterocycles. The molecule has 9 aromatic carbocycles. The summed E-state index contributed by atoms with van der Waals surface area (Å²) in [7, 11) is 0. The first-order valence-electron chi connectivity index (χ1n) is 20.7. The SMILES string of the molecule is c1ccc(-c2nc(-c3cccc(-n4c5ccccc5c5c6ccccc6ccc54)c3)nc(-c3ccc4c(c3)C3(c5ccccc5O4)c4ccccc4-c4ccccc43)n2)cc1. The van der Waals surface area contributed by atoms with Crippen LogP contribution >= 0.6 is 0 Å². The zero-order valence-electron chi connectivity index (χ0n) is 32.8. The van der Waals surface area contributed by atoms with Crippen LogP contribution in [0.4, 0.5) is 0 Å². The van der Waals surface area contributed by atoms with E-state index in [-0.39, 0.29) is 0 Å². The lowest BCUT2D eigenvalue weighted by Crippen LogP contribution is -2.32. The maximum Gasteiger partial charge on any atom is 0.164 e. The third-order valence-electron chi connectivity index (χ3n) is 12.7. The average molecular weight is 779 g/mol. The van der Waals surface area contributed by atoms with E-state index in [0.717, 1.165) is 56.0 Å². The van der Waals surface area contributed by atoms with Crippen molar-refractivity contribution in [1.82, 2.24) is 19.5 Å². The summed E-state index contributed by atoms with van der Waals surface area (Å²) in [6.07, 6.45) is 0. The van der Waals surface area contributed by atoms with E-state index in [1.165, 1.54) is 43.8 Å². The van der Waals surface area contributed by atoms with E-state index in [0.29, 0.717) is 17.5 Å². The Morgan fingerprint density at radius 3 is 1.75 bits per heavy atom. The fourth-order valence-corrected chi connectivity index (χ4v) is 10.1. The molecule has 0 fully saturated rings. The van der Waals surface area contributed by atoms with E-state index >= 15 is 0 Å². The van der Waals surface area contributed by atoms with E-state index in [4.69, 9.17) is 19.7 Å². The van der Waals surface area contributed by atoms with Gasteiger partial charge in [-0.2, -0.15) is 0 Å². The van der Waals surface area contributed by atoms with Crippen molar-refractivity contribution in [3.05, 3.63) is 229 Å². The van der Waals surface area contributed by atoms with Crippen molar-refractivity contribution >= 4 is 32.6 Å². The summed E-state index contributed by atoms with van der Waals surface area (Å²) in [5, 5.41) is 4.93. The predicted molar refractivity (Wildman–Crippen MR) is 245 cm³/mol. The first-order valence-corrected chi connectivity index (χ1v) is 20.7. The van der Waals surface area contributed by atoms with Gasteiger partial charge in [0.2, 0.25) is 0 Å². The Morgan fingerprint density at radius 2 is 0.967 bits per heavy atom. The first kappa shape index (κ1) is 33.8.